The van der Waals surface area contributed by atoms with Gasteiger partial charge >= 0.3 is 0 Å². The van der Waals surface area contributed by atoms with E-state index in [2.05, 4.69) is 23.2 Å². The summed E-state index contributed by atoms with van der Waals surface area (Å²) < 4.78 is 33.8. The second kappa shape index (κ2) is 5.57. The first kappa shape index (κ1) is 16.6. The van der Waals surface area contributed by atoms with Gasteiger partial charge in [-0.3, -0.25) is 4.31 Å². The second-order valence-corrected chi connectivity index (χ2v) is 8.99. The quantitative estimate of drug-likeness (QED) is 0.822. The first-order valence-electron chi connectivity index (χ1n) is 8.57. The van der Waals surface area contributed by atoms with E-state index in [1.165, 1.54) is 0 Å². The zero-order valence-electron chi connectivity index (χ0n) is 15.0. The van der Waals surface area contributed by atoms with E-state index in [0.29, 0.717) is 11.5 Å². The topological polar surface area (TPSA) is 66.7 Å². The van der Waals surface area contributed by atoms with Crippen molar-refractivity contribution < 1.29 is 12.9 Å². The average molecular weight is 361 g/mol. The van der Waals surface area contributed by atoms with Crippen LogP contribution in [0.15, 0.2) is 27.6 Å². The van der Waals surface area contributed by atoms with Gasteiger partial charge in [-0.05, 0) is 52.4 Å². The van der Waals surface area contributed by atoms with Crippen molar-refractivity contribution in [1.82, 2.24) is 10.1 Å². The first-order chi connectivity index (χ1) is 11.8. The highest BCUT2D eigenvalue weighted by molar-refractivity contribution is 7.93. The fraction of sp³-hybridized carbons (Fsp3) is 0.500. The summed E-state index contributed by atoms with van der Waals surface area (Å²) in [5.41, 5.74) is 3.51. The molecule has 134 valence electrons. The molecule has 0 aliphatic carbocycles. The van der Waals surface area contributed by atoms with Gasteiger partial charge in [-0.25, -0.2) is 8.42 Å². The molecule has 0 radical (unpaired) electrons. The fourth-order valence-electron chi connectivity index (χ4n) is 4.29. The fourth-order valence-corrected chi connectivity index (χ4v) is 6.33. The molecule has 0 amide bonds. The van der Waals surface area contributed by atoms with E-state index in [0.717, 1.165) is 36.3 Å². The normalized spacial score (nSPS) is 23.6. The highest BCUT2D eigenvalue weighted by Gasteiger charge is 2.47. The van der Waals surface area contributed by atoms with Gasteiger partial charge in [0.25, 0.3) is 10.0 Å². The molecular weight excluding hydrogens is 338 g/mol. The predicted molar refractivity (Wildman–Crippen MR) is 95.5 cm³/mol. The average Bonchev–Trinajstić information content (AvgIpc) is 3.05. The molecule has 3 heterocycles. The van der Waals surface area contributed by atoms with Crippen LogP contribution in [0.2, 0.25) is 0 Å². The van der Waals surface area contributed by atoms with E-state index >= 15 is 0 Å². The Hall–Kier alpha value is -1.86. The molecule has 7 heteroatoms. The van der Waals surface area contributed by atoms with Gasteiger partial charge in [0.2, 0.25) is 0 Å². The van der Waals surface area contributed by atoms with Gasteiger partial charge < -0.3 is 9.42 Å². The van der Waals surface area contributed by atoms with Crippen molar-refractivity contribution in [2.45, 2.75) is 44.0 Å². The summed E-state index contributed by atoms with van der Waals surface area (Å²) >= 11 is 0. The van der Waals surface area contributed by atoms with Crippen LogP contribution < -0.4 is 4.31 Å². The molecule has 0 spiro atoms. The summed E-state index contributed by atoms with van der Waals surface area (Å²) in [6.07, 6.45) is 0.817. The summed E-state index contributed by atoms with van der Waals surface area (Å²) in [7, 11) is -1.62. The molecular formula is C18H23N3O3S. The molecule has 1 saturated heterocycles. The third-order valence-electron chi connectivity index (χ3n) is 5.39. The maximum absolute atomic E-state index is 13.5. The molecule has 1 aromatic carbocycles. The largest absolute Gasteiger partial charge is 0.360 e. The Labute approximate surface area is 148 Å². The molecule has 0 bridgehead atoms. The number of anilines is 1. The van der Waals surface area contributed by atoms with E-state index in [9.17, 15) is 8.42 Å². The Morgan fingerprint density at radius 1 is 1.24 bits per heavy atom. The maximum Gasteiger partial charge on any atom is 0.270 e. The van der Waals surface area contributed by atoms with Crippen molar-refractivity contribution in [3.8, 4) is 0 Å². The van der Waals surface area contributed by atoms with Gasteiger partial charge in [0.15, 0.2) is 10.7 Å². The molecule has 2 aromatic rings. The van der Waals surface area contributed by atoms with Gasteiger partial charge in [-0.15, -0.1) is 0 Å². The number of nitrogens with zero attached hydrogens (tertiary/aromatic N) is 3. The zero-order valence-corrected chi connectivity index (χ0v) is 15.8. The van der Waals surface area contributed by atoms with Crippen molar-refractivity contribution in [1.29, 1.82) is 0 Å². The molecule has 2 aliphatic heterocycles. The van der Waals surface area contributed by atoms with Crippen LogP contribution in [0.5, 0.6) is 0 Å². The summed E-state index contributed by atoms with van der Waals surface area (Å²) in [6.45, 7) is 7.15. The summed E-state index contributed by atoms with van der Waals surface area (Å²) in [4.78, 5) is 2.48. The van der Waals surface area contributed by atoms with Gasteiger partial charge in [-0.1, -0.05) is 22.9 Å². The van der Waals surface area contributed by atoms with Gasteiger partial charge in [0, 0.05) is 12.5 Å². The molecule has 6 nitrogen and oxygen atoms in total. The number of aromatic nitrogens is 1. The highest BCUT2D eigenvalue weighted by atomic mass is 32.2. The van der Waals surface area contributed by atoms with E-state index in [1.807, 2.05) is 19.1 Å². The van der Waals surface area contributed by atoms with Crippen LogP contribution in [-0.4, -0.2) is 44.7 Å². The smallest absolute Gasteiger partial charge is 0.270 e. The van der Waals surface area contributed by atoms with Gasteiger partial charge in [-0.2, -0.15) is 0 Å². The molecule has 1 aromatic heterocycles. The monoisotopic (exact) mass is 361 g/mol. The third kappa shape index (κ3) is 2.40. The van der Waals surface area contributed by atoms with Crippen molar-refractivity contribution in [2.75, 3.05) is 24.4 Å². The van der Waals surface area contributed by atoms with Crippen LogP contribution in [0.3, 0.4) is 0 Å². The number of benzene rings is 1. The van der Waals surface area contributed by atoms with Crippen molar-refractivity contribution in [3.63, 3.8) is 0 Å². The Kier molecular flexibility index (Phi) is 3.70. The standard InChI is InChI=1S/C18H23N3O3S/c1-11-5-6-16-14(9-11)15-10-20(4)8-7-17(15)21(16)25(22,23)18-12(2)19-24-13(18)3/h5-6,9,15,17H,7-8,10H2,1-4H3/t15-,17+/m1/s1. The Morgan fingerprint density at radius 3 is 2.68 bits per heavy atom. The number of rotatable bonds is 2. The minimum absolute atomic E-state index is 0.0494. The lowest BCUT2D eigenvalue weighted by Crippen LogP contribution is -2.47. The number of likely N-dealkylation sites (N-methyl/N-ethyl adjacent to an activating group) is 1. The minimum Gasteiger partial charge on any atom is -0.360 e. The molecule has 25 heavy (non-hydrogen) atoms. The van der Waals surface area contributed by atoms with Gasteiger partial charge in [0.1, 0.15) is 5.69 Å². The third-order valence-corrected chi connectivity index (χ3v) is 7.47. The summed E-state index contributed by atoms with van der Waals surface area (Å²) in [6, 6.07) is 6.01. The van der Waals surface area contributed by atoms with E-state index in [-0.39, 0.29) is 16.9 Å². The zero-order chi connectivity index (χ0) is 17.9. The molecule has 0 N–H and O–H groups in total. The second-order valence-electron chi connectivity index (χ2n) is 7.24. The van der Waals surface area contributed by atoms with Crippen LogP contribution in [0.4, 0.5) is 5.69 Å². The highest BCUT2D eigenvalue weighted by Crippen LogP contribution is 2.47. The first-order valence-corrected chi connectivity index (χ1v) is 10.0. The van der Waals surface area contributed by atoms with Crippen molar-refractivity contribution in [2.24, 2.45) is 0 Å². The van der Waals surface area contributed by atoms with Gasteiger partial charge in [0.05, 0.1) is 11.7 Å². The van der Waals surface area contributed by atoms with E-state index in [1.54, 1.807) is 18.2 Å². The Morgan fingerprint density at radius 2 is 2.00 bits per heavy atom. The number of piperidine rings is 1. The van der Waals surface area contributed by atoms with Crippen LogP contribution in [-0.2, 0) is 10.0 Å². The summed E-state index contributed by atoms with van der Waals surface area (Å²) in [5, 5.41) is 3.85. The lowest BCUT2D eigenvalue weighted by Gasteiger charge is -2.36. The lowest BCUT2D eigenvalue weighted by atomic mass is 9.89. The summed E-state index contributed by atoms with van der Waals surface area (Å²) in [5.74, 6) is 0.548. The number of sulfonamides is 1. The number of fused-ring (bicyclic) bond motifs is 3. The minimum atomic E-state index is -3.71. The molecule has 4 rings (SSSR count). The number of hydrogen-bond acceptors (Lipinski definition) is 5. The number of likely N-dealkylation sites (tertiary alicyclic amines) is 1. The molecule has 0 saturated carbocycles. The number of hydrogen-bond donors (Lipinski definition) is 0. The Balaban J connectivity index is 1.90. The van der Waals surface area contributed by atoms with Crippen LogP contribution in [0.1, 0.15) is 34.9 Å². The maximum atomic E-state index is 13.5. The molecule has 2 aliphatic rings. The number of aryl methyl sites for hydroxylation is 3. The molecule has 1 fully saturated rings. The SMILES string of the molecule is Cc1ccc2c(c1)[C@H]1CN(C)CC[C@@H]1N2S(=O)(=O)c1c(C)noc1C. The van der Waals surface area contributed by atoms with Crippen molar-refractivity contribution >= 4 is 15.7 Å². The molecule has 0 unspecified atom stereocenters. The Bertz CT molecular complexity index is 916. The van der Waals surface area contributed by atoms with Crippen molar-refractivity contribution in [3.05, 3.63) is 40.8 Å². The lowest BCUT2D eigenvalue weighted by molar-refractivity contribution is 0.237. The van der Waals surface area contributed by atoms with E-state index in [4.69, 9.17) is 4.52 Å². The molecule has 2 atom stereocenters. The van der Waals surface area contributed by atoms with Crippen LogP contribution in [0.25, 0.3) is 0 Å². The predicted octanol–water partition coefficient (Wildman–Crippen LogP) is 2.60. The van der Waals surface area contributed by atoms with Crippen LogP contribution in [0, 0.1) is 20.8 Å². The van der Waals surface area contributed by atoms with Crippen LogP contribution >= 0.6 is 0 Å². The van der Waals surface area contributed by atoms with E-state index < -0.39 is 10.0 Å².